The normalized spacial score (nSPS) is 15.1. The van der Waals surface area contributed by atoms with Crippen molar-refractivity contribution < 1.29 is 19.4 Å². The average Bonchev–Trinajstić information content (AvgIpc) is 2.81. The second-order valence-corrected chi connectivity index (χ2v) is 4.94. The van der Waals surface area contributed by atoms with E-state index in [1.807, 2.05) is 0 Å². The fourth-order valence-corrected chi connectivity index (χ4v) is 2.53. The van der Waals surface area contributed by atoms with E-state index >= 15 is 0 Å². The van der Waals surface area contributed by atoms with Crippen molar-refractivity contribution in [2.45, 2.75) is 19.4 Å². The van der Waals surface area contributed by atoms with E-state index in [1.165, 1.54) is 0 Å². The number of ether oxygens (including phenoxy) is 2. The van der Waals surface area contributed by atoms with Gasteiger partial charge in [-0.1, -0.05) is 0 Å². The van der Waals surface area contributed by atoms with Crippen molar-refractivity contribution >= 4 is 17.0 Å². The van der Waals surface area contributed by atoms with Gasteiger partial charge in [0.05, 0.1) is 11.0 Å². The van der Waals surface area contributed by atoms with Crippen molar-refractivity contribution in [2.24, 2.45) is 5.73 Å². The molecule has 1 aromatic carbocycles. The molecule has 1 aliphatic heterocycles. The number of hydrogen-bond donors (Lipinski definition) is 2. The van der Waals surface area contributed by atoms with Gasteiger partial charge in [0.15, 0.2) is 11.5 Å². The van der Waals surface area contributed by atoms with Crippen molar-refractivity contribution in [1.82, 2.24) is 9.55 Å². The molecule has 0 fully saturated rings. The van der Waals surface area contributed by atoms with Gasteiger partial charge in [-0.3, -0.25) is 0 Å². The summed E-state index contributed by atoms with van der Waals surface area (Å²) in [6.07, 6.45) is 0.513. The van der Waals surface area contributed by atoms with Gasteiger partial charge in [-0.25, -0.2) is 9.78 Å². The van der Waals surface area contributed by atoms with Crippen LogP contribution in [0, 0.1) is 0 Å². The summed E-state index contributed by atoms with van der Waals surface area (Å²) >= 11 is 0. The standard InChI is InChI=1S/C14H17N3O4/c1-8(14(18)19)17-10-7-12-11(20-4-5-21-12)6-9(10)16-13(17)2-3-15/h6-8H,2-5,15H2,1H3,(H,18,19). The van der Waals surface area contributed by atoms with Crippen LogP contribution in [0.2, 0.25) is 0 Å². The van der Waals surface area contributed by atoms with E-state index in [2.05, 4.69) is 4.98 Å². The molecule has 1 unspecified atom stereocenters. The van der Waals surface area contributed by atoms with Gasteiger partial charge in [-0.15, -0.1) is 0 Å². The number of benzene rings is 1. The molecule has 1 aliphatic rings. The van der Waals surface area contributed by atoms with Crippen LogP contribution in [-0.4, -0.2) is 40.4 Å². The molecule has 1 atom stereocenters. The van der Waals surface area contributed by atoms with Crippen LogP contribution < -0.4 is 15.2 Å². The molecule has 7 heteroatoms. The van der Waals surface area contributed by atoms with E-state index in [0.29, 0.717) is 49.0 Å². The Balaban J connectivity index is 2.21. The zero-order chi connectivity index (χ0) is 15.0. The maximum atomic E-state index is 11.4. The smallest absolute Gasteiger partial charge is 0.326 e. The van der Waals surface area contributed by atoms with Crippen LogP contribution in [0.5, 0.6) is 11.5 Å². The highest BCUT2D eigenvalue weighted by atomic mass is 16.6. The Morgan fingerprint density at radius 1 is 1.43 bits per heavy atom. The lowest BCUT2D eigenvalue weighted by Gasteiger charge is -2.19. The molecule has 112 valence electrons. The van der Waals surface area contributed by atoms with Gasteiger partial charge in [-0.05, 0) is 13.5 Å². The zero-order valence-electron chi connectivity index (χ0n) is 11.7. The van der Waals surface area contributed by atoms with Crippen molar-refractivity contribution in [3.05, 3.63) is 18.0 Å². The van der Waals surface area contributed by atoms with Crippen LogP contribution in [0.15, 0.2) is 12.1 Å². The third-order valence-corrected chi connectivity index (χ3v) is 3.54. The highest BCUT2D eigenvalue weighted by Crippen LogP contribution is 2.35. The number of rotatable bonds is 4. The van der Waals surface area contributed by atoms with Crippen LogP contribution in [0.25, 0.3) is 11.0 Å². The quantitative estimate of drug-likeness (QED) is 0.870. The predicted octanol–water partition coefficient (Wildman–Crippen LogP) is 0.954. The van der Waals surface area contributed by atoms with Crippen LogP contribution in [0.1, 0.15) is 18.8 Å². The number of fused-ring (bicyclic) bond motifs is 2. The molecular formula is C14H17N3O4. The van der Waals surface area contributed by atoms with Gasteiger partial charge < -0.3 is 24.9 Å². The Morgan fingerprint density at radius 3 is 2.71 bits per heavy atom. The number of imidazole rings is 1. The van der Waals surface area contributed by atoms with Crippen molar-refractivity contribution in [1.29, 1.82) is 0 Å². The molecule has 21 heavy (non-hydrogen) atoms. The fourth-order valence-electron chi connectivity index (χ4n) is 2.53. The summed E-state index contributed by atoms with van der Waals surface area (Å²) in [7, 11) is 0. The summed E-state index contributed by atoms with van der Waals surface area (Å²) in [6, 6.07) is 2.85. The topological polar surface area (TPSA) is 99.6 Å². The van der Waals surface area contributed by atoms with Gasteiger partial charge in [0, 0.05) is 18.6 Å². The van der Waals surface area contributed by atoms with E-state index in [4.69, 9.17) is 15.2 Å². The van der Waals surface area contributed by atoms with Gasteiger partial charge >= 0.3 is 5.97 Å². The largest absolute Gasteiger partial charge is 0.486 e. The lowest BCUT2D eigenvalue weighted by Crippen LogP contribution is -2.20. The van der Waals surface area contributed by atoms with Gasteiger partial charge in [0.25, 0.3) is 0 Å². The molecule has 0 saturated carbocycles. The second kappa shape index (κ2) is 5.25. The Labute approximate surface area is 121 Å². The molecule has 0 saturated heterocycles. The molecule has 0 bridgehead atoms. The molecule has 3 rings (SSSR count). The number of hydrogen-bond acceptors (Lipinski definition) is 5. The summed E-state index contributed by atoms with van der Waals surface area (Å²) < 4.78 is 12.8. The molecule has 2 aromatic rings. The molecule has 3 N–H and O–H groups in total. The minimum atomic E-state index is -0.914. The monoisotopic (exact) mass is 291 g/mol. The SMILES string of the molecule is CC(C(=O)O)n1c(CCN)nc2cc3c(cc21)OCCO3. The molecule has 2 heterocycles. The summed E-state index contributed by atoms with van der Waals surface area (Å²) in [5.74, 6) is 1.000. The highest BCUT2D eigenvalue weighted by Gasteiger charge is 2.23. The average molecular weight is 291 g/mol. The van der Waals surface area contributed by atoms with Gasteiger partial charge in [0.1, 0.15) is 25.1 Å². The lowest BCUT2D eigenvalue weighted by molar-refractivity contribution is -0.140. The molecule has 0 radical (unpaired) electrons. The first-order valence-electron chi connectivity index (χ1n) is 6.85. The van der Waals surface area contributed by atoms with E-state index < -0.39 is 12.0 Å². The van der Waals surface area contributed by atoms with Crippen LogP contribution in [-0.2, 0) is 11.2 Å². The lowest BCUT2D eigenvalue weighted by atomic mass is 10.2. The number of aromatic nitrogens is 2. The molecule has 0 spiro atoms. The first-order valence-corrected chi connectivity index (χ1v) is 6.85. The zero-order valence-corrected chi connectivity index (χ0v) is 11.7. The Morgan fingerprint density at radius 2 is 2.10 bits per heavy atom. The van der Waals surface area contributed by atoms with Crippen LogP contribution in [0.3, 0.4) is 0 Å². The summed E-state index contributed by atoms with van der Waals surface area (Å²) in [6.45, 7) is 3.01. The Bertz CT molecular complexity index is 695. The predicted molar refractivity (Wildman–Crippen MR) is 75.8 cm³/mol. The minimum Gasteiger partial charge on any atom is -0.486 e. The van der Waals surface area contributed by atoms with Crippen molar-refractivity contribution in [2.75, 3.05) is 19.8 Å². The maximum Gasteiger partial charge on any atom is 0.326 e. The van der Waals surface area contributed by atoms with E-state index in [9.17, 15) is 9.90 Å². The number of carbonyl (C=O) groups is 1. The first kappa shape index (κ1) is 13.7. The number of carboxylic acid groups (broad SMARTS) is 1. The van der Waals surface area contributed by atoms with Crippen molar-refractivity contribution in [3.63, 3.8) is 0 Å². The van der Waals surface area contributed by atoms with E-state index in [-0.39, 0.29) is 0 Å². The summed E-state index contributed by atoms with van der Waals surface area (Å²) in [4.78, 5) is 15.8. The summed E-state index contributed by atoms with van der Waals surface area (Å²) in [5.41, 5.74) is 7.01. The molecule has 7 nitrogen and oxygen atoms in total. The fraction of sp³-hybridized carbons (Fsp3) is 0.429. The minimum absolute atomic E-state index is 0.405. The third kappa shape index (κ3) is 2.29. The number of aliphatic carboxylic acids is 1. The van der Waals surface area contributed by atoms with Crippen molar-refractivity contribution in [3.8, 4) is 11.5 Å². The molecular weight excluding hydrogens is 274 g/mol. The Kier molecular flexibility index (Phi) is 3.42. The molecule has 0 aliphatic carbocycles. The number of nitrogens with two attached hydrogens (primary N) is 1. The van der Waals surface area contributed by atoms with Gasteiger partial charge in [-0.2, -0.15) is 0 Å². The van der Waals surface area contributed by atoms with Crippen LogP contribution in [0.4, 0.5) is 0 Å². The van der Waals surface area contributed by atoms with Gasteiger partial charge in [0.2, 0.25) is 0 Å². The number of nitrogens with zero attached hydrogens (tertiary/aromatic N) is 2. The molecule has 1 aromatic heterocycles. The van der Waals surface area contributed by atoms with Crippen LogP contribution >= 0.6 is 0 Å². The first-order chi connectivity index (χ1) is 10.1. The maximum absolute atomic E-state index is 11.4. The molecule has 0 amide bonds. The van der Waals surface area contributed by atoms with E-state index in [0.717, 1.165) is 5.52 Å². The highest BCUT2D eigenvalue weighted by molar-refractivity contribution is 5.83. The second-order valence-electron chi connectivity index (χ2n) is 4.94. The Hall–Kier alpha value is -2.28. The number of carboxylic acids is 1. The third-order valence-electron chi connectivity index (χ3n) is 3.54. The summed E-state index contributed by atoms with van der Waals surface area (Å²) in [5, 5.41) is 9.31. The van der Waals surface area contributed by atoms with E-state index in [1.54, 1.807) is 23.6 Å².